The Balaban J connectivity index is 1.31. The molecule has 1 saturated heterocycles. The number of carbonyl (C=O) groups excluding carboxylic acids is 1. The summed E-state index contributed by atoms with van der Waals surface area (Å²) in [7, 11) is 0. The number of piperazine rings is 1. The molecule has 0 spiro atoms. The van der Waals surface area contributed by atoms with Crippen molar-refractivity contribution in [3.8, 4) is 5.75 Å². The number of tetrazole rings is 1. The molecule has 1 aromatic heterocycles. The predicted octanol–water partition coefficient (Wildman–Crippen LogP) is 2.23. The summed E-state index contributed by atoms with van der Waals surface area (Å²) in [6.45, 7) is 6.05. The molecule has 3 aromatic rings. The molecule has 1 aliphatic heterocycles. The molecule has 0 N–H and O–H groups in total. The van der Waals surface area contributed by atoms with Gasteiger partial charge in [-0.05, 0) is 53.7 Å². The lowest BCUT2D eigenvalue weighted by Gasteiger charge is -2.36. The van der Waals surface area contributed by atoms with E-state index in [0.29, 0.717) is 36.8 Å². The van der Waals surface area contributed by atoms with Crippen molar-refractivity contribution in [1.29, 1.82) is 0 Å². The molecule has 2 heterocycles. The van der Waals surface area contributed by atoms with Crippen molar-refractivity contribution in [2.45, 2.75) is 20.1 Å². The van der Waals surface area contributed by atoms with E-state index in [2.05, 4.69) is 32.6 Å². The largest absolute Gasteiger partial charge is 0.486 e. The van der Waals surface area contributed by atoms with Gasteiger partial charge in [-0.25, -0.2) is 4.68 Å². The van der Waals surface area contributed by atoms with Gasteiger partial charge >= 0.3 is 0 Å². The van der Waals surface area contributed by atoms with Gasteiger partial charge in [0.05, 0.1) is 0 Å². The molecular formula is C21H24N6O2. The Kier molecular flexibility index (Phi) is 5.69. The van der Waals surface area contributed by atoms with Crippen LogP contribution in [0.3, 0.4) is 0 Å². The minimum absolute atomic E-state index is 0.0548. The topological polar surface area (TPSA) is 76.4 Å². The van der Waals surface area contributed by atoms with Crippen LogP contribution >= 0.6 is 0 Å². The second-order valence-corrected chi connectivity index (χ2v) is 6.84. The van der Waals surface area contributed by atoms with Crippen LogP contribution < -0.4 is 9.64 Å². The van der Waals surface area contributed by atoms with Gasteiger partial charge in [0.1, 0.15) is 12.4 Å². The molecule has 8 heteroatoms. The normalized spacial score (nSPS) is 14.1. The fourth-order valence-corrected chi connectivity index (χ4v) is 3.40. The third-order valence-electron chi connectivity index (χ3n) is 5.06. The fourth-order valence-electron chi connectivity index (χ4n) is 3.40. The minimum atomic E-state index is 0.0548. The molecule has 0 radical (unpaired) electrons. The molecule has 0 saturated carbocycles. The van der Waals surface area contributed by atoms with Crippen LogP contribution in [-0.4, -0.2) is 57.2 Å². The van der Waals surface area contributed by atoms with Gasteiger partial charge in [-0.15, -0.1) is 5.10 Å². The summed E-state index contributed by atoms with van der Waals surface area (Å²) >= 11 is 0. The van der Waals surface area contributed by atoms with Crippen molar-refractivity contribution in [3.05, 3.63) is 66.0 Å². The number of rotatable bonds is 6. The Morgan fingerprint density at radius 1 is 1.00 bits per heavy atom. The van der Waals surface area contributed by atoms with Gasteiger partial charge in [0, 0.05) is 44.0 Å². The van der Waals surface area contributed by atoms with Crippen molar-refractivity contribution in [2.24, 2.45) is 0 Å². The number of para-hydroxylation sites is 1. The van der Waals surface area contributed by atoms with Gasteiger partial charge in [-0.3, -0.25) is 4.79 Å². The number of hydrogen-bond donors (Lipinski definition) is 0. The average molecular weight is 392 g/mol. The van der Waals surface area contributed by atoms with Crippen molar-refractivity contribution in [1.82, 2.24) is 25.1 Å². The van der Waals surface area contributed by atoms with Crippen molar-refractivity contribution in [3.63, 3.8) is 0 Å². The summed E-state index contributed by atoms with van der Waals surface area (Å²) in [5, 5.41) is 11.5. The van der Waals surface area contributed by atoms with Crippen LogP contribution in [0.4, 0.5) is 5.69 Å². The molecule has 0 bridgehead atoms. The van der Waals surface area contributed by atoms with Crippen LogP contribution in [0, 0.1) is 0 Å². The quantitative estimate of drug-likeness (QED) is 0.640. The summed E-state index contributed by atoms with van der Waals surface area (Å²) in [4.78, 5) is 17.0. The first kappa shape index (κ1) is 18.9. The molecule has 0 aliphatic carbocycles. The second kappa shape index (κ2) is 8.72. The molecule has 1 aliphatic rings. The van der Waals surface area contributed by atoms with Gasteiger partial charge in [0.15, 0.2) is 5.82 Å². The summed E-state index contributed by atoms with van der Waals surface area (Å²) in [6, 6.07) is 17.6. The number of hydrogen-bond acceptors (Lipinski definition) is 6. The molecule has 150 valence electrons. The lowest BCUT2D eigenvalue weighted by Crippen LogP contribution is -2.48. The Hall–Kier alpha value is -3.42. The molecule has 2 aromatic carbocycles. The number of amides is 1. The van der Waals surface area contributed by atoms with Crippen molar-refractivity contribution >= 4 is 11.6 Å². The molecule has 4 rings (SSSR count). The molecule has 29 heavy (non-hydrogen) atoms. The zero-order valence-electron chi connectivity index (χ0n) is 16.4. The lowest BCUT2D eigenvalue weighted by molar-refractivity contribution is 0.0746. The first-order chi connectivity index (χ1) is 14.2. The first-order valence-corrected chi connectivity index (χ1v) is 9.82. The summed E-state index contributed by atoms with van der Waals surface area (Å²) in [5.41, 5.74) is 1.87. The minimum Gasteiger partial charge on any atom is -0.486 e. The van der Waals surface area contributed by atoms with Gasteiger partial charge in [0.2, 0.25) is 0 Å². The van der Waals surface area contributed by atoms with Gasteiger partial charge in [-0.1, -0.05) is 18.2 Å². The van der Waals surface area contributed by atoms with E-state index in [1.54, 1.807) is 4.68 Å². The van der Waals surface area contributed by atoms with Crippen LogP contribution in [0.2, 0.25) is 0 Å². The average Bonchev–Trinajstić information content (AvgIpc) is 3.26. The standard InChI is InChI=1S/C21H24N6O2/c1-2-27-20(22-23-24-27)16-29-19-10-8-17(9-11-19)21(28)26-14-12-25(13-15-26)18-6-4-3-5-7-18/h3-11H,2,12-16H2,1H3. The Bertz CT molecular complexity index is 933. The Morgan fingerprint density at radius 3 is 2.41 bits per heavy atom. The second-order valence-electron chi connectivity index (χ2n) is 6.84. The van der Waals surface area contributed by atoms with Crippen LogP contribution in [-0.2, 0) is 13.2 Å². The predicted molar refractivity (Wildman–Crippen MR) is 109 cm³/mol. The van der Waals surface area contributed by atoms with Crippen molar-refractivity contribution < 1.29 is 9.53 Å². The number of aromatic nitrogens is 4. The fraction of sp³-hybridized carbons (Fsp3) is 0.333. The number of ether oxygens (including phenoxy) is 1. The van der Waals surface area contributed by atoms with Gasteiger partial charge < -0.3 is 14.5 Å². The zero-order valence-corrected chi connectivity index (χ0v) is 16.4. The maximum Gasteiger partial charge on any atom is 0.253 e. The molecule has 0 unspecified atom stereocenters. The number of aryl methyl sites for hydroxylation is 1. The maximum atomic E-state index is 12.8. The first-order valence-electron chi connectivity index (χ1n) is 9.82. The highest BCUT2D eigenvalue weighted by Gasteiger charge is 2.22. The van der Waals surface area contributed by atoms with Crippen LogP contribution in [0.15, 0.2) is 54.6 Å². The van der Waals surface area contributed by atoms with Crippen molar-refractivity contribution in [2.75, 3.05) is 31.1 Å². The van der Waals surface area contributed by atoms with Crippen LogP contribution in [0.5, 0.6) is 5.75 Å². The molecule has 1 fully saturated rings. The van der Waals surface area contributed by atoms with E-state index in [4.69, 9.17) is 4.74 Å². The third kappa shape index (κ3) is 4.37. The number of benzene rings is 2. The zero-order chi connectivity index (χ0) is 20.1. The molecular weight excluding hydrogens is 368 g/mol. The third-order valence-corrected chi connectivity index (χ3v) is 5.06. The lowest BCUT2D eigenvalue weighted by atomic mass is 10.1. The molecule has 0 atom stereocenters. The molecule has 1 amide bonds. The number of nitrogens with zero attached hydrogens (tertiary/aromatic N) is 6. The smallest absolute Gasteiger partial charge is 0.253 e. The molecule has 8 nitrogen and oxygen atoms in total. The summed E-state index contributed by atoms with van der Waals surface area (Å²) < 4.78 is 7.43. The van der Waals surface area contributed by atoms with Crippen LogP contribution in [0.1, 0.15) is 23.1 Å². The van der Waals surface area contributed by atoms with Gasteiger partial charge in [-0.2, -0.15) is 0 Å². The van der Waals surface area contributed by atoms with E-state index in [1.807, 2.05) is 54.3 Å². The van der Waals surface area contributed by atoms with E-state index >= 15 is 0 Å². The van der Waals surface area contributed by atoms with E-state index in [9.17, 15) is 4.79 Å². The number of carbonyl (C=O) groups is 1. The van der Waals surface area contributed by atoms with E-state index < -0.39 is 0 Å². The van der Waals surface area contributed by atoms with E-state index in [-0.39, 0.29) is 12.5 Å². The SMILES string of the molecule is CCn1nnnc1COc1ccc(C(=O)N2CCN(c3ccccc3)CC2)cc1. The number of anilines is 1. The van der Waals surface area contributed by atoms with E-state index in [1.165, 1.54) is 5.69 Å². The highest BCUT2D eigenvalue weighted by atomic mass is 16.5. The highest BCUT2D eigenvalue weighted by molar-refractivity contribution is 5.94. The monoisotopic (exact) mass is 392 g/mol. The highest BCUT2D eigenvalue weighted by Crippen LogP contribution is 2.18. The van der Waals surface area contributed by atoms with Gasteiger partial charge in [0.25, 0.3) is 5.91 Å². The Morgan fingerprint density at radius 2 is 1.72 bits per heavy atom. The summed E-state index contributed by atoms with van der Waals surface area (Å²) in [5.74, 6) is 1.41. The van der Waals surface area contributed by atoms with E-state index in [0.717, 1.165) is 13.1 Å². The maximum absolute atomic E-state index is 12.8. The summed E-state index contributed by atoms with van der Waals surface area (Å²) in [6.07, 6.45) is 0. The van der Waals surface area contributed by atoms with Crippen LogP contribution in [0.25, 0.3) is 0 Å². The Labute approximate surface area is 169 Å².